The second-order valence-corrected chi connectivity index (χ2v) is 4.44. The summed E-state index contributed by atoms with van der Waals surface area (Å²) in [5.74, 6) is 0.0211. The van der Waals surface area contributed by atoms with Crippen LogP contribution in [0.15, 0.2) is 18.2 Å². The van der Waals surface area contributed by atoms with Crippen LogP contribution in [0, 0.1) is 0 Å². The standard InChI is InChI=1S/C11H12ClN3O/c12-7-2-1-3-8-10(7)14-11(16)9-6-13-4-5-15(8)9/h1-3,9,13H,4-6H2,(H,14,16). The van der Waals surface area contributed by atoms with E-state index in [0.717, 1.165) is 24.5 Å². The summed E-state index contributed by atoms with van der Waals surface area (Å²) in [6.07, 6.45) is 0. The molecule has 0 spiro atoms. The number of carbonyl (C=O) groups is 1. The van der Waals surface area contributed by atoms with Crippen LogP contribution in [0.4, 0.5) is 11.4 Å². The average Bonchev–Trinajstić information content (AvgIpc) is 2.31. The molecule has 1 saturated heterocycles. The molecule has 4 nitrogen and oxygen atoms in total. The minimum absolute atomic E-state index is 0.0211. The summed E-state index contributed by atoms with van der Waals surface area (Å²) in [5, 5.41) is 6.70. The summed E-state index contributed by atoms with van der Waals surface area (Å²) in [5.41, 5.74) is 1.77. The summed E-state index contributed by atoms with van der Waals surface area (Å²) in [6, 6.07) is 5.60. The molecular weight excluding hydrogens is 226 g/mol. The SMILES string of the molecule is O=C1Nc2c(Cl)cccc2N2CCNCC12. The van der Waals surface area contributed by atoms with Gasteiger partial charge in [0.2, 0.25) is 5.91 Å². The Hall–Kier alpha value is -1.26. The van der Waals surface area contributed by atoms with Crippen molar-refractivity contribution in [3.8, 4) is 0 Å². The number of rotatable bonds is 0. The second kappa shape index (κ2) is 3.64. The molecule has 0 saturated carbocycles. The molecule has 1 unspecified atom stereocenters. The lowest BCUT2D eigenvalue weighted by Crippen LogP contribution is -2.58. The third-order valence-corrected chi connectivity index (χ3v) is 3.41. The number of fused-ring (bicyclic) bond motifs is 3. The smallest absolute Gasteiger partial charge is 0.248 e. The Labute approximate surface area is 98.6 Å². The molecule has 0 bridgehead atoms. The van der Waals surface area contributed by atoms with Crippen LogP contribution >= 0.6 is 11.6 Å². The molecule has 1 atom stereocenters. The Kier molecular flexibility index (Phi) is 2.26. The Morgan fingerprint density at radius 1 is 1.44 bits per heavy atom. The highest BCUT2D eigenvalue weighted by atomic mass is 35.5. The Morgan fingerprint density at radius 3 is 3.19 bits per heavy atom. The van der Waals surface area contributed by atoms with Gasteiger partial charge < -0.3 is 15.5 Å². The topological polar surface area (TPSA) is 44.4 Å². The summed E-state index contributed by atoms with van der Waals surface area (Å²) in [6.45, 7) is 2.43. The summed E-state index contributed by atoms with van der Waals surface area (Å²) < 4.78 is 0. The lowest BCUT2D eigenvalue weighted by atomic mass is 10.1. The predicted octanol–water partition coefficient (Wildman–Crippen LogP) is 1.07. The molecule has 2 heterocycles. The van der Waals surface area contributed by atoms with E-state index in [2.05, 4.69) is 15.5 Å². The van der Waals surface area contributed by atoms with Crippen LogP contribution < -0.4 is 15.5 Å². The van der Waals surface area contributed by atoms with Gasteiger partial charge in [0.05, 0.1) is 16.4 Å². The zero-order valence-electron chi connectivity index (χ0n) is 8.66. The molecule has 1 fully saturated rings. The number of anilines is 2. The number of piperazine rings is 1. The fourth-order valence-corrected chi connectivity index (χ4v) is 2.53. The lowest BCUT2D eigenvalue weighted by molar-refractivity contribution is -0.117. The molecule has 0 radical (unpaired) electrons. The van der Waals surface area contributed by atoms with Crippen LogP contribution in [-0.4, -0.2) is 31.6 Å². The maximum atomic E-state index is 11.9. The van der Waals surface area contributed by atoms with Gasteiger partial charge in [-0.15, -0.1) is 0 Å². The largest absolute Gasteiger partial charge is 0.355 e. The zero-order valence-corrected chi connectivity index (χ0v) is 9.42. The number of carbonyl (C=O) groups excluding carboxylic acids is 1. The zero-order chi connectivity index (χ0) is 11.1. The molecule has 16 heavy (non-hydrogen) atoms. The first kappa shape index (κ1) is 9.93. The summed E-state index contributed by atoms with van der Waals surface area (Å²) in [4.78, 5) is 14.0. The number of nitrogens with one attached hydrogen (secondary N) is 2. The van der Waals surface area contributed by atoms with Gasteiger partial charge in [-0.25, -0.2) is 0 Å². The maximum Gasteiger partial charge on any atom is 0.248 e. The van der Waals surface area contributed by atoms with Crippen LogP contribution in [0.3, 0.4) is 0 Å². The van der Waals surface area contributed by atoms with E-state index in [1.807, 2.05) is 12.1 Å². The number of hydrogen-bond donors (Lipinski definition) is 2. The van der Waals surface area contributed by atoms with Gasteiger partial charge in [-0.2, -0.15) is 0 Å². The van der Waals surface area contributed by atoms with Gasteiger partial charge in [-0.1, -0.05) is 17.7 Å². The minimum atomic E-state index is -0.111. The minimum Gasteiger partial charge on any atom is -0.355 e. The van der Waals surface area contributed by atoms with Crippen molar-refractivity contribution in [3.05, 3.63) is 23.2 Å². The molecule has 84 valence electrons. The normalized spacial score (nSPS) is 23.4. The first-order valence-electron chi connectivity index (χ1n) is 5.34. The van der Waals surface area contributed by atoms with Gasteiger partial charge in [0.15, 0.2) is 0 Å². The van der Waals surface area contributed by atoms with E-state index in [4.69, 9.17) is 11.6 Å². The van der Waals surface area contributed by atoms with Crippen molar-refractivity contribution in [2.45, 2.75) is 6.04 Å². The lowest BCUT2D eigenvalue weighted by Gasteiger charge is -2.41. The van der Waals surface area contributed by atoms with Crippen molar-refractivity contribution in [1.29, 1.82) is 0 Å². The first-order chi connectivity index (χ1) is 7.77. The third-order valence-electron chi connectivity index (χ3n) is 3.10. The molecule has 0 aromatic heterocycles. The molecule has 1 amide bonds. The highest BCUT2D eigenvalue weighted by molar-refractivity contribution is 6.35. The number of nitrogens with zero attached hydrogens (tertiary/aromatic N) is 1. The monoisotopic (exact) mass is 237 g/mol. The van der Waals surface area contributed by atoms with E-state index in [-0.39, 0.29) is 11.9 Å². The van der Waals surface area contributed by atoms with Gasteiger partial charge in [0, 0.05) is 19.6 Å². The van der Waals surface area contributed by atoms with Crippen molar-refractivity contribution < 1.29 is 4.79 Å². The number of amides is 1. The summed E-state index contributed by atoms with van der Waals surface area (Å²) >= 11 is 6.08. The number of hydrogen-bond acceptors (Lipinski definition) is 3. The van der Waals surface area contributed by atoms with Crippen LogP contribution in [0.25, 0.3) is 0 Å². The van der Waals surface area contributed by atoms with E-state index in [1.165, 1.54) is 0 Å². The van der Waals surface area contributed by atoms with Crippen LogP contribution in [-0.2, 0) is 4.79 Å². The molecule has 2 N–H and O–H groups in total. The second-order valence-electron chi connectivity index (χ2n) is 4.04. The van der Waals surface area contributed by atoms with E-state index in [9.17, 15) is 4.79 Å². The highest BCUT2D eigenvalue weighted by Gasteiger charge is 2.35. The van der Waals surface area contributed by atoms with Gasteiger partial charge >= 0.3 is 0 Å². The fraction of sp³-hybridized carbons (Fsp3) is 0.364. The molecule has 3 rings (SSSR count). The maximum absolute atomic E-state index is 11.9. The van der Waals surface area contributed by atoms with Crippen molar-refractivity contribution in [2.24, 2.45) is 0 Å². The Morgan fingerprint density at radius 2 is 2.31 bits per heavy atom. The molecular formula is C11H12ClN3O. The van der Waals surface area contributed by atoms with E-state index in [0.29, 0.717) is 11.6 Å². The molecule has 0 aliphatic carbocycles. The molecule has 2 aliphatic rings. The van der Waals surface area contributed by atoms with Gasteiger partial charge in [-0.3, -0.25) is 4.79 Å². The van der Waals surface area contributed by atoms with Gasteiger partial charge in [0.25, 0.3) is 0 Å². The van der Waals surface area contributed by atoms with Crippen LogP contribution in [0.5, 0.6) is 0 Å². The van der Waals surface area contributed by atoms with Crippen LogP contribution in [0.1, 0.15) is 0 Å². The van der Waals surface area contributed by atoms with Crippen LogP contribution in [0.2, 0.25) is 5.02 Å². The summed E-state index contributed by atoms with van der Waals surface area (Å²) in [7, 11) is 0. The first-order valence-corrected chi connectivity index (χ1v) is 5.72. The Bertz CT molecular complexity index is 449. The average molecular weight is 238 g/mol. The Balaban J connectivity index is 2.10. The van der Waals surface area contributed by atoms with Crippen molar-refractivity contribution in [3.63, 3.8) is 0 Å². The third kappa shape index (κ3) is 1.37. The van der Waals surface area contributed by atoms with Crippen molar-refractivity contribution in [1.82, 2.24) is 5.32 Å². The van der Waals surface area contributed by atoms with Gasteiger partial charge in [0.1, 0.15) is 6.04 Å². The highest BCUT2D eigenvalue weighted by Crippen LogP contribution is 2.37. The quantitative estimate of drug-likeness (QED) is 0.710. The van der Waals surface area contributed by atoms with Crippen molar-refractivity contribution >= 4 is 28.9 Å². The fourth-order valence-electron chi connectivity index (χ4n) is 2.31. The van der Waals surface area contributed by atoms with E-state index >= 15 is 0 Å². The van der Waals surface area contributed by atoms with E-state index < -0.39 is 0 Å². The molecule has 1 aromatic rings. The molecule has 2 aliphatic heterocycles. The van der Waals surface area contributed by atoms with E-state index in [1.54, 1.807) is 6.07 Å². The molecule has 5 heteroatoms. The number of halogens is 1. The number of para-hydroxylation sites is 1. The van der Waals surface area contributed by atoms with Gasteiger partial charge in [-0.05, 0) is 12.1 Å². The van der Waals surface area contributed by atoms with Crippen molar-refractivity contribution in [2.75, 3.05) is 29.9 Å². The molecule has 1 aromatic carbocycles. The predicted molar refractivity (Wildman–Crippen MR) is 64.1 cm³/mol. The number of benzene rings is 1.